The van der Waals surface area contributed by atoms with Gasteiger partial charge in [0.2, 0.25) is 0 Å². The second-order valence-electron chi connectivity index (χ2n) is 5.68. The fraction of sp³-hybridized carbons (Fsp3) is 0.647. The molecule has 4 nitrogen and oxygen atoms in total. The summed E-state index contributed by atoms with van der Waals surface area (Å²) in [5, 5.41) is 3.43. The van der Waals surface area contributed by atoms with Crippen LogP contribution in [0.25, 0.3) is 0 Å². The quantitative estimate of drug-likeness (QED) is 0.794. The van der Waals surface area contributed by atoms with E-state index >= 15 is 0 Å². The van der Waals surface area contributed by atoms with E-state index in [0.29, 0.717) is 6.04 Å². The minimum Gasteiger partial charge on any atom is -0.495 e. The Morgan fingerprint density at radius 1 is 1.18 bits per heavy atom. The van der Waals surface area contributed by atoms with Gasteiger partial charge in [0.05, 0.1) is 14.2 Å². The smallest absolute Gasteiger partial charge is 0.137 e. The highest BCUT2D eigenvalue weighted by atomic mass is 79.9. The van der Waals surface area contributed by atoms with Gasteiger partial charge in [-0.3, -0.25) is 4.90 Å². The van der Waals surface area contributed by atoms with Gasteiger partial charge in [0.25, 0.3) is 0 Å². The van der Waals surface area contributed by atoms with Crippen LogP contribution in [-0.4, -0.2) is 45.3 Å². The molecule has 1 aromatic rings. The van der Waals surface area contributed by atoms with Gasteiger partial charge in [-0.05, 0) is 40.0 Å². The molecular formula is C17H27BrN2O2. The molecule has 0 saturated carbocycles. The van der Waals surface area contributed by atoms with Crippen molar-refractivity contribution < 1.29 is 9.47 Å². The highest BCUT2D eigenvalue weighted by molar-refractivity contribution is 9.10. The first kappa shape index (κ1) is 17.6. The van der Waals surface area contributed by atoms with E-state index in [1.165, 1.54) is 24.8 Å². The van der Waals surface area contributed by atoms with E-state index in [9.17, 15) is 0 Å². The van der Waals surface area contributed by atoms with Crippen LogP contribution in [0.5, 0.6) is 11.5 Å². The predicted molar refractivity (Wildman–Crippen MR) is 94.0 cm³/mol. The summed E-state index contributed by atoms with van der Waals surface area (Å²) < 4.78 is 11.9. The van der Waals surface area contributed by atoms with E-state index in [1.54, 1.807) is 14.2 Å². The van der Waals surface area contributed by atoms with Crippen molar-refractivity contribution in [3.8, 4) is 11.5 Å². The number of hydrogen-bond acceptors (Lipinski definition) is 4. The Morgan fingerprint density at radius 3 is 2.27 bits per heavy atom. The maximum atomic E-state index is 5.51. The van der Waals surface area contributed by atoms with Gasteiger partial charge < -0.3 is 14.8 Å². The summed E-state index contributed by atoms with van der Waals surface area (Å²) >= 11 is 3.56. The third-order valence-corrected chi connectivity index (χ3v) is 5.06. The first-order chi connectivity index (χ1) is 10.7. The van der Waals surface area contributed by atoms with Crippen molar-refractivity contribution in [3.05, 3.63) is 22.2 Å². The molecule has 1 heterocycles. The number of hydrogen-bond donors (Lipinski definition) is 1. The van der Waals surface area contributed by atoms with Crippen LogP contribution in [0.3, 0.4) is 0 Å². The lowest BCUT2D eigenvalue weighted by molar-refractivity contribution is 0.162. The number of ether oxygens (including phenoxy) is 2. The molecule has 0 amide bonds. The van der Waals surface area contributed by atoms with Crippen molar-refractivity contribution in [2.75, 3.05) is 40.4 Å². The largest absolute Gasteiger partial charge is 0.495 e. The summed E-state index contributed by atoms with van der Waals surface area (Å²) in [6.45, 7) is 6.56. The summed E-state index contributed by atoms with van der Waals surface area (Å²) in [5.41, 5.74) is 1.28. The number of nitrogens with zero attached hydrogens (tertiary/aromatic N) is 1. The molecule has 1 atom stereocenters. The molecule has 1 aliphatic rings. The lowest BCUT2D eigenvalue weighted by Crippen LogP contribution is -2.45. The molecule has 1 N–H and O–H groups in total. The molecule has 0 aromatic heterocycles. The van der Waals surface area contributed by atoms with Gasteiger partial charge >= 0.3 is 0 Å². The van der Waals surface area contributed by atoms with E-state index < -0.39 is 0 Å². The van der Waals surface area contributed by atoms with Crippen LogP contribution in [0, 0.1) is 0 Å². The molecule has 0 unspecified atom stereocenters. The van der Waals surface area contributed by atoms with Crippen LogP contribution < -0.4 is 14.8 Å². The molecule has 0 aliphatic carbocycles. The minimum atomic E-state index is 0.429. The lowest BCUT2D eigenvalue weighted by Gasteiger charge is -2.35. The zero-order valence-corrected chi connectivity index (χ0v) is 15.4. The fourth-order valence-corrected chi connectivity index (χ4v) is 3.59. The van der Waals surface area contributed by atoms with Crippen LogP contribution in [0.2, 0.25) is 0 Å². The molecular weight excluding hydrogens is 344 g/mol. The molecule has 1 saturated heterocycles. The Balaban J connectivity index is 2.32. The molecule has 1 aliphatic heterocycles. The predicted octanol–water partition coefficient (Wildman–Crippen LogP) is 3.60. The molecule has 2 rings (SSSR count). The third-order valence-electron chi connectivity index (χ3n) is 4.28. The summed E-state index contributed by atoms with van der Waals surface area (Å²) in [6.07, 6.45) is 3.62. The molecule has 124 valence electrons. The average molecular weight is 371 g/mol. The number of methoxy groups -OCH3 is 2. The lowest BCUT2D eigenvalue weighted by atomic mass is 9.98. The fourth-order valence-electron chi connectivity index (χ4n) is 3.03. The SMILES string of the molecule is CCCC[C@@H](c1cc(OC)c(Br)c(OC)c1)N1CCNCC1. The van der Waals surface area contributed by atoms with Crippen molar-refractivity contribution in [2.45, 2.75) is 32.2 Å². The van der Waals surface area contributed by atoms with E-state index in [2.05, 4.69) is 45.2 Å². The number of nitrogens with one attached hydrogen (secondary N) is 1. The van der Waals surface area contributed by atoms with Crippen molar-refractivity contribution in [1.29, 1.82) is 0 Å². The molecule has 0 spiro atoms. The Hall–Kier alpha value is -0.780. The van der Waals surface area contributed by atoms with Crippen molar-refractivity contribution in [3.63, 3.8) is 0 Å². The second kappa shape index (κ2) is 8.75. The summed E-state index contributed by atoms with van der Waals surface area (Å²) in [4.78, 5) is 2.58. The Kier molecular flexibility index (Phi) is 6.99. The topological polar surface area (TPSA) is 33.7 Å². The van der Waals surface area contributed by atoms with Gasteiger partial charge in [-0.1, -0.05) is 19.8 Å². The summed E-state index contributed by atoms with van der Waals surface area (Å²) in [7, 11) is 3.41. The normalized spacial score (nSPS) is 17.3. The molecule has 5 heteroatoms. The highest BCUT2D eigenvalue weighted by Crippen LogP contribution is 2.39. The minimum absolute atomic E-state index is 0.429. The monoisotopic (exact) mass is 370 g/mol. The van der Waals surface area contributed by atoms with Crippen LogP contribution in [0.15, 0.2) is 16.6 Å². The standard InChI is InChI=1S/C17H27BrN2O2/c1-4-5-6-14(20-9-7-19-8-10-20)13-11-15(21-2)17(18)16(12-13)22-3/h11-12,14,19H,4-10H2,1-3H3/t14-/m0/s1. The van der Waals surface area contributed by atoms with Gasteiger partial charge in [0.15, 0.2) is 0 Å². The third kappa shape index (κ3) is 4.15. The average Bonchev–Trinajstić information content (AvgIpc) is 2.57. The number of rotatable bonds is 7. The summed E-state index contributed by atoms with van der Waals surface area (Å²) in [5.74, 6) is 1.68. The van der Waals surface area contributed by atoms with E-state index in [-0.39, 0.29) is 0 Å². The molecule has 0 bridgehead atoms. The maximum absolute atomic E-state index is 5.51. The second-order valence-corrected chi connectivity index (χ2v) is 6.48. The zero-order chi connectivity index (χ0) is 15.9. The van der Waals surface area contributed by atoms with Crippen LogP contribution >= 0.6 is 15.9 Å². The number of unbranched alkanes of at least 4 members (excludes halogenated alkanes) is 1. The van der Waals surface area contributed by atoms with Crippen molar-refractivity contribution in [2.24, 2.45) is 0 Å². The molecule has 22 heavy (non-hydrogen) atoms. The van der Waals surface area contributed by atoms with E-state index in [4.69, 9.17) is 9.47 Å². The van der Waals surface area contributed by atoms with Crippen LogP contribution in [0.1, 0.15) is 37.8 Å². The van der Waals surface area contributed by atoms with E-state index in [1.807, 2.05) is 0 Å². The van der Waals surface area contributed by atoms with Gasteiger partial charge in [-0.2, -0.15) is 0 Å². The molecule has 0 radical (unpaired) electrons. The van der Waals surface area contributed by atoms with E-state index in [0.717, 1.165) is 42.2 Å². The first-order valence-electron chi connectivity index (χ1n) is 8.07. The Morgan fingerprint density at radius 2 is 1.77 bits per heavy atom. The van der Waals surface area contributed by atoms with Gasteiger partial charge in [-0.15, -0.1) is 0 Å². The zero-order valence-electron chi connectivity index (χ0n) is 13.8. The Labute approximate surface area is 142 Å². The van der Waals surface area contributed by atoms with Gasteiger partial charge in [-0.25, -0.2) is 0 Å². The summed E-state index contributed by atoms with van der Waals surface area (Å²) in [6, 6.07) is 4.72. The Bertz CT molecular complexity index is 451. The number of halogens is 1. The molecule has 1 fully saturated rings. The van der Waals surface area contributed by atoms with Crippen molar-refractivity contribution in [1.82, 2.24) is 10.2 Å². The maximum Gasteiger partial charge on any atom is 0.137 e. The van der Waals surface area contributed by atoms with Crippen LogP contribution in [-0.2, 0) is 0 Å². The first-order valence-corrected chi connectivity index (χ1v) is 8.86. The van der Waals surface area contributed by atoms with Crippen molar-refractivity contribution >= 4 is 15.9 Å². The number of piperazine rings is 1. The van der Waals surface area contributed by atoms with Crippen LogP contribution in [0.4, 0.5) is 0 Å². The number of benzene rings is 1. The van der Waals surface area contributed by atoms with Gasteiger partial charge in [0.1, 0.15) is 16.0 Å². The highest BCUT2D eigenvalue weighted by Gasteiger charge is 2.24. The van der Waals surface area contributed by atoms with Gasteiger partial charge in [0, 0.05) is 32.2 Å². The molecule has 1 aromatic carbocycles.